The largest absolute Gasteiger partial charge is 0.467 e. The molecule has 0 amide bonds. The van der Waals surface area contributed by atoms with Crippen molar-refractivity contribution in [2.75, 3.05) is 12.8 Å². The number of carbonyl (C=O) groups excluding carboxylic acids is 1. The summed E-state index contributed by atoms with van der Waals surface area (Å²) in [6, 6.07) is 4.72. The lowest BCUT2D eigenvalue weighted by atomic mass is 10.2. The van der Waals surface area contributed by atoms with Gasteiger partial charge in [-0.1, -0.05) is 5.21 Å². The van der Waals surface area contributed by atoms with E-state index in [9.17, 15) is 4.79 Å². The Morgan fingerprint density at radius 2 is 2.31 bits per heavy atom. The number of anilines is 1. The fourth-order valence-corrected chi connectivity index (χ4v) is 1.51. The summed E-state index contributed by atoms with van der Waals surface area (Å²) in [5.74, 6) is -0.366. The molecule has 1 unspecified atom stereocenters. The number of carbonyl (C=O) groups is 1. The number of rotatable bonds is 2. The van der Waals surface area contributed by atoms with Gasteiger partial charge in [-0.15, -0.1) is 5.10 Å². The average Bonchev–Trinajstić information content (AvgIpc) is 2.69. The molecule has 0 spiro atoms. The zero-order valence-electron chi connectivity index (χ0n) is 9.04. The first-order chi connectivity index (χ1) is 7.63. The van der Waals surface area contributed by atoms with Crippen molar-refractivity contribution in [3.63, 3.8) is 0 Å². The number of hydrogen-bond donors (Lipinski definition) is 1. The number of hydrogen-bond acceptors (Lipinski definition) is 5. The molecule has 0 fully saturated rings. The maximum Gasteiger partial charge on any atom is 0.330 e. The molecule has 1 aromatic carbocycles. The molecule has 6 nitrogen and oxygen atoms in total. The van der Waals surface area contributed by atoms with E-state index in [2.05, 4.69) is 15.0 Å². The summed E-state index contributed by atoms with van der Waals surface area (Å²) in [6.45, 7) is 1.70. The maximum absolute atomic E-state index is 11.4. The summed E-state index contributed by atoms with van der Waals surface area (Å²) in [7, 11) is 1.34. The van der Waals surface area contributed by atoms with Gasteiger partial charge in [-0.3, -0.25) is 0 Å². The molecule has 2 N–H and O–H groups in total. The van der Waals surface area contributed by atoms with E-state index >= 15 is 0 Å². The standard InChI is InChI=1S/C10H12N4O2/c1-6(10(15)16-2)14-9-5-7(11)3-4-8(9)12-13-14/h3-6H,11H2,1-2H3. The molecule has 0 aliphatic carbocycles. The quantitative estimate of drug-likeness (QED) is 0.596. The van der Waals surface area contributed by atoms with Gasteiger partial charge in [0, 0.05) is 5.69 Å². The molecule has 84 valence electrons. The van der Waals surface area contributed by atoms with Crippen LogP contribution < -0.4 is 5.73 Å². The van der Waals surface area contributed by atoms with Gasteiger partial charge in [0.25, 0.3) is 0 Å². The zero-order valence-corrected chi connectivity index (χ0v) is 9.04. The number of aromatic nitrogens is 3. The number of nitrogen functional groups attached to an aromatic ring is 1. The summed E-state index contributed by atoms with van der Waals surface area (Å²) in [5.41, 5.74) is 7.70. The van der Waals surface area contributed by atoms with Crippen LogP contribution >= 0.6 is 0 Å². The average molecular weight is 220 g/mol. The second kappa shape index (κ2) is 3.80. The highest BCUT2D eigenvalue weighted by molar-refractivity contribution is 5.81. The Balaban J connectivity index is 2.52. The van der Waals surface area contributed by atoms with Crippen LogP contribution in [0.3, 0.4) is 0 Å². The molecule has 1 aromatic heterocycles. The third-order valence-electron chi connectivity index (χ3n) is 2.40. The first-order valence-electron chi connectivity index (χ1n) is 4.81. The lowest BCUT2D eigenvalue weighted by Crippen LogP contribution is -2.18. The van der Waals surface area contributed by atoms with Crippen molar-refractivity contribution < 1.29 is 9.53 Å². The van der Waals surface area contributed by atoms with Crippen LogP contribution in [0.4, 0.5) is 5.69 Å². The van der Waals surface area contributed by atoms with Gasteiger partial charge in [0.2, 0.25) is 0 Å². The van der Waals surface area contributed by atoms with E-state index in [-0.39, 0.29) is 5.97 Å². The fourth-order valence-electron chi connectivity index (χ4n) is 1.51. The summed E-state index contributed by atoms with van der Waals surface area (Å²) >= 11 is 0. The van der Waals surface area contributed by atoms with Gasteiger partial charge in [-0.2, -0.15) is 0 Å². The summed E-state index contributed by atoms with van der Waals surface area (Å²) < 4.78 is 6.15. The van der Waals surface area contributed by atoms with Crippen molar-refractivity contribution in [2.24, 2.45) is 0 Å². The topological polar surface area (TPSA) is 83.0 Å². The predicted molar refractivity (Wildman–Crippen MR) is 58.7 cm³/mol. The number of fused-ring (bicyclic) bond motifs is 1. The molecule has 0 saturated carbocycles. The third-order valence-corrected chi connectivity index (χ3v) is 2.40. The van der Waals surface area contributed by atoms with Crippen LogP contribution in [0, 0.1) is 0 Å². The highest BCUT2D eigenvalue weighted by Gasteiger charge is 2.19. The molecule has 6 heteroatoms. The molecule has 16 heavy (non-hydrogen) atoms. The Bertz CT molecular complexity index is 535. The number of methoxy groups -OCH3 is 1. The van der Waals surface area contributed by atoms with Crippen LogP contribution in [-0.4, -0.2) is 28.1 Å². The van der Waals surface area contributed by atoms with Crippen LogP contribution in [0.5, 0.6) is 0 Å². The number of nitrogens with zero attached hydrogens (tertiary/aromatic N) is 3. The lowest BCUT2D eigenvalue weighted by molar-refractivity contribution is -0.144. The minimum Gasteiger partial charge on any atom is -0.467 e. The van der Waals surface area contributed by atoms with Gasteiger partial charge < -0.3 is 10.5 Å². The van der Waals surface area contributed by atoms with Crippen LogP contribution in [0.2, 0.25) is 0 Å². The molecule has 0 aliphatic rings. The van der Waals surface area contributed by atoms with Crippen LogP contribution in [0.1, 0.15) is 13.0 Å². The molecule has 2 aromatic rings. The van der Waals surface area contributed by atoms with E-state index in [0.29, 0.717) is 11.2 Å². The van der Waals surface area contributed by atoms with Crippen molar-refractivity contribution in [1.82, 2.24) is 15.0 Å². The van der Waals surface area contributed by atoms with E-state index in [1.807, 2.05) is 0 Å². The van der Waals surface area contributed by atoms with Gasteiger partial charge in [0.05, 0.1) is 12.6 Å². The van der Waals surface area contributed by atoms with Crippen molar-refractivity contribution in [3.8, 4) is 0 Å². The van der Waals surface area contributed by atoms with Gasteiger partial charge >= 0.3 is 5.97 Å². The molecular formula is C10H12N4O2. The SMILES string of the molecule is COC(=O)C(C)n1nnc2ccc(N)cc21. The first-order valence-corrected chi connectivity index (χ1v) is 4.81. The van der Waals surface area contributed by atoms with Crippen LogP contribution in [0.25, 0.3) is 11.0 Å². The fraction of sp³-hybridized carbons (Fsp3) is 0.300. The zero-order chi connectivity index (χ0) is 11.7. The summed E-state index contributed by atoms with van der Waals surface area (Å²) in [4.78, 5) is 11.4. The van der Waals surface area contributed by atoms with Gasteiger partial charge in [0.1, 0.15) is 11.6 Å². The second-order valence-corrected chi connectivity index (χ2v) is 3.48. The van der Waals surface area contributed by atoms with Crippen LogP contribution in [0.15, 0.2) is 18.2 Å². The Morgan fingerprint density at radius 1 is 1.56 bits per heavy atom. The van der Waals surface area contributed by atoms with Crippen molar-refractivity contribution in [3.05, 3.63) is 18.2 Å². The monoisotopic (exact) mass is 220 g/mol. The number of ether oxygens (including phenoxy) is 1. The van der Waals surface area contributed by atoms with Gasteiger partial charge in [-0.25, -0.2) is 9.48 Å². The Morgan fingerprint density at radius 3 is 3.00 bits per heavy atom. The third kappa shape index (κ3) is 1.58. The molecular weight excluding hydrogens is 208 g/mol. The highest BCUT2D eigenvalue weighted by Crippen LogP contribution is 2.18. The predicted octanol–water partition coefficient (Wildman–Crippen LogP) is 0.747. The Kier molecular flexibility index (Phi) is 2.47. The van der Waals surface area contributed by atoms with Gasteiger partial charge in [-0.05, 0) is 25.1 Å². The molecule has 0 saturated heterocycles. The smallest absolute Gasteiger partial charge is 0.330 e. The Hall–Kier alpha value is -2.11. The summed E-state index contributed by atoms with van der Waals surface area (Å²) in [5, 5.41) is 7.86. The van der Waals surface area contributed by atoms with E-state index in [1.165, 1.54) is 11.8 Å². The van der Waals surface area contributed by atoms with E-state index in [1.54, 1.807) is 25.1 Å². The second-order valence-electron chi connectivity index (χ2n) is 3.48. The van der Waals surface area contributed by atoms with E-state index in [0.717, 1.165) is 5.52 Å². The minimum atomic E-state index is -0.517. The lowest BCUT2D eigenvalue weighted by Gasteiger charge is -2.09. The first kappa shape index (κ1) is 10.4. The highest BCUT2D eigenvalue weighted by atomic mass is 16.5. The molecule has 2 rings (SSSR count). The molecule has 1 atom stereocenters. The maximum atomic E-state index is 11.4. The molecule has 1 heterocycles. The van der Waals surface area contributed by atoms with Gasteiger partial charge in [0.15, 0.2) is 0 Å². The molecule has 0 bridgehead atoms. The van der Waals surface area contributed by atoms with Crippen molar-refractivity contribution in [2.45, 2.75) is 13.0 Å². The molecule has 0 aliphatic heterocycles. The van der Waals surface area contributed by atoms with E-state index in [4.69, 9.17) is 5.73 Å². The number of esters is 1. The summed E-state index contributed by atoms with van der Waals surface area (Å²) in [6.07, 6.45) is 0. The normalized spacial score (nSPS) is 12.6. The Labute approximate surface area is 92.0 Å². The molecule has 0 radical (unpaired) electrons. The minimum absolute atomic E-state index is 0.366. The number of benzene rings is 1. The number of nitrogens with two attached hydrogens (primary N) is 1. The van der Waals surface area contributed by atoms with Crippen molar-refractivity contribution in [1.29, 1.82) is 0 Å². The van der Waals surface area contributed by atoms with E-state index < -0.39 is 6.04 Å². The van der Waals surface area contributed by atoms with Crippen LogP contribution in [-0.2, 0) is 9.53 Å². The van der Waals surface area contributed by atoms with Crippen molar-refractivity contribution >= 4 is 22.7 Å².